The van der Waals surface area contributed by atoms with Gasteiger partial charge >= 0.3 is 0 Å². The number of hydrogen-bond donors (Lipinski definition) is 1. The van der Waals surface area contributed by atoms with E-state index in [1.165, 1.54) is 17.4 Å². The molecule has 0 bridgehead atoms. The summed E-state index contributed by atoms with van der Waals surface area (Å²) < 4.78 is 13.4. The lowest BCUT2D eigenvalue weighted by Gasteiger charge is -1.86. The van der Waals surface area contributed by atoms with Crippen LogP contribution in [0.1, 0.15) is 0 Å². The van der Waals surface area contributed by atoms with Crippen LogP contribution < -0.4 is 5.73 Å². The molecule has 0 atom stereocenters. The predicted molar refractivity (Wildman–Crippen MR) is 58.5 cm³/mol. The number of nitrogen functional groups attached to an aromatic ring is 1. The van der Waals surface area contributed by atoms with Crippen LogP contribution in [0.5, 0.6) is 0 Å². The lowest BCUT2D eigenvalue weighted by atomic mass is 10.3. The molecular formula is C7H7Cl2FN2S. The second-order valence-corrected chi connectivity index (χ2v) is 3.17. The Morgan fingerprint density at radius 1 is 1.31 bits per heavy atom. The number of halogens is 3. The van der Waals surface area contributed by atoms with E-state index in [2.05, 4.69) is 4.98 Å². The van der Waals surface area contributed by atoms with Gasteiger partial charge in [0.05, 0.1) is 10.2 Å². The molecule has 0 unspecified atom stereocenters. The number of nitrogens with zero attached hydrogens (tertiary/aromatic N) is 1. The molecule has 2 N–H and O–H groups in total. The summed E-state index contributed by atoms with van der Waals surface area (Å²) in [5.41, 5.74) is 6.03. The van der Waals surface area contributed by atoms with Gasteiger partial charge in [-0.1, -0.05) is 17.4 Å². The molecule has 13 heavy (non-hydrogen) atoms. The molecule has 0 aliphatic carbocycles. The van der Waals surface area contributed by atoms with Crippen LogP contribution in [0.3, 0.4) is 0 Å². The monoisotopic (exact) mass is 240 g/mol. The summed E-state index contributed by atoms with van der Waals surface area (Å²) in [6, 6.07) is 4.77. The molecule has 2 nitrogen and oxygen atoms in total. The number of anilines is 1. The fourth-order valence-electron chi connectivity index (χ4n) is 0.933. The van der Waals surface area contributed by atoms with E-state index in [4.69, 9.17) is 5.73 Å². The van der Waals surface area contributed by atoms with Gasteiger partial charge in [-0.25, -0.2) is 9.37 Å². The summed E-state index contributed by atoms with van der Waals surface area (Å²) in [6.45, 7) is 0. The molecule has 0 fully saturated rings. The van der Waals surface area contributed by atoms with E-state index in [-0.39, 0.29) is 30.6 Å². The minimum absolute atomic E-state index is 0. The molecule has 0 spiro atoms. The lowest BCUT2D eigenvalue weighted by Crippen LogP contribution is -1.78. The van der Waals surface area contributed by atoms with Crippen molar-refractivity contribution in [3.8, 4) is 0 Å². The third kappa shape index (κ3) is 2.21. The van der Waals surface area contributed by atoms with Crippen LogP contribution in [0, 0.1) is 5.82 Å². The Morgan fingerprint density at radius 3 is 2.62 bits per heavy atom. The lowest BCUT2D eigenvalue weighted by molar-refractivity contribution is 0.641. The SMILES string of the molecule is Cl.Cl.Nc1nc2cccc(F)c2s1. The summed E-state index contributed by atoms with van der Waals surface area (Å²) in [5.74, 6) is -0.253. The van der Waals surface area contributed by atoms with Gasteiger partial charge in [-0.05, 0) is 12.1 Å². The third-order valence-electron chi connectivity index (χ3n) is 1.38. The summed E-state index contributed by atoms with van der Waals surface area (Å²) >= 11 is 1.17. The molecule has 1 aromatic heterocycles. The standard InChI is InChI=1S/C7H5FN2S.2ClH/c8-4-2-1-3-5-6(4)11-7(9)10-5;;/h1-3H,(H2,9,10);2*1H. The van der Waals surface area contributed by atoms with Gasteiger partial charge in [0.2, 0.25) is 0 Å². The molecular weight excluding hydrogens is 234 g/mol. The smallest absolute Gasteiger partial charge is 0.181 e. The fourth-order valence-corrected chi connectivity index (χ4v) is 1.67. The fraction of sp³-hybridized carbons (Fsp3) is 0. The van der Waals surface area contributed by atoms with Crippen molar-refractivity contribution in [1.29, 1.82) is 0 Å². The quantitative estimate of drug-likeness (QED) is 0.770. The highest BCUT2D eigenvalue weighted by atomic mass is 35.5. The zero-order chi connectivity index (χ0) is 7.84. The highest BCUT2D eigenvalue weighted by Crippen LogP contribution is 2.25. The van der Waals surface area contributed by atoms with Crippen LogP contribution in [0.4, 0.5) is 9.52 Å². The van der Waals surface area contributed by atoms with E-state index in [0.717, 1.165) is 0 Å². The number of benzene rings is 1. The van der Waals surface area contributed by atoms with Crippen molar-refractivity contribution in [2.75, 3.05) is 5.73 Å². The first kappa shape index (κ1) is 12.4. The van der Waals surface area contributed by atoms with Crippen LogP contribution in [0.15, 0.2) is 18.2 Å². The van der Waals surface area contributed by atoms with Gasteiger partial charge in [0.25, 0.3) is 0 Å². The largest absolute Gasteiger partial charge is 0.375 e. The molecule has 0 aliphatic rings. The molecule has 2 rings (SSSR count). The van der Waals surface area contributed by atoms with Crippen molar-refractivity contribution in [3.05, 3.63) is 24.0 Å². The third-order valence-corrected chi connectivity index (χ3v) is 2.29. The minimum atomic E-state index is -0.253. The second-order valence-electron chi connectivity index (χ2n) is 2.14. The molecule has 0 radical (unpaired) electrons. The molecule has 1 heterocycles. The van der Waals surface area contributed by atoms with Crippen molar-refractivity contribution in [2.45, 2.75) is 0 Å². The Bertz CT molecular complexity index is 404. The Kier molecular flexibility index (Phi) is 4.39. The van der Waals surface area contributed by atoms with Crippen molar-refractivity contribution in [3.63, 3.8) is 0 Å². The first-order chi connectivity index (χ1) is 5.27. The van der Waals surface area contributed by atoms with Crippen molar-refractivity contribution in [2.24, 2.45) is 0 Å². The zero-order valence-electron chi connectivity index (χ0n) is 6.36. The van der Waals surface area contributed by atoms with Gasteiger partial charge in [-0.3, -0.25) is 0 Å². The maximum absolute atomic E-state index is 12.9. The van der Waals surface area contributed by atoms with Gasteiger partial charge in [-0.15, -0.1) is 24.8 Å². The summed E-state index contributed by atoms with van der Waals surface area (Å²) in [4.78, 5) is 3.93. The van der Waals surface area contributed by atoms with E-state index in [1.54, 1.807) is 12.1 Å². The Morgan fingerprint density at radius 2 is 2.00 bits per heavy atom. The first-order valence-electron chi connectivity index (χ1n) is 3.08. The van der Waals surface area contributed by atoms with Crippen LogP contribution in [0.2, 0.25) is 0 Å². The molecule has 6 heteroatoms. The Hall–Kier alpha value is -0.580. The van der Waals surface area contributed by atoms with E-state index < -0.39 is 0 Å². The van der Waals surface area contributed by atoms with Crippen LogP contribution in [-0.4, -0.2) is 4.98 Å². The van der Waals surface area contributed by atoms with Gasteiger partial charge < -0.3 is 5.73 Å². The van der Waals surface area contributed by atoms with E-state index in [1.807, 2.05) is 0 Å². The average Bonchev–Trinajstić information content (AvgIpc) is 2.31. The minimum Gasteiger partial charge on any atom is -0.375 e. The highest BCUT2D eigenvalue weighted by molar-refractivity contribution is 7.22. The van der Waals surface area contributed by atoms with E-state index >= 15 is 0 Å². The number of nitrogens with two attached hydrogens (primary N) is 1. The summed E-state index contributed by atoms with van der Waals surface area (Å²) in [6.07, 6.45) is 0. The maximum Gasteiger partial charge on any atom is 0.181 e. The van der Waals surface area contributed by atoms with E-state index in [9.17, 15) is 4.39 Å². The van der Waals surface area contributed by atoms with Crippen molar-refractivity contribution < 1.29 is 4.39 Å². The number of hydrogen-bond acceptors (Lipinski definition) is 3. The van der Waals surface area contributed by atoms with Gasteiger partial charge in [0.1, 0.15) is 5.82 Å². The predicted octanol–water partition coefficient (Wildman–Crippen LogP) is 2.86. The topological polar surface area (TPSA) is 38.9 Å². The zero-order valence-corrected chi connectivity index (χ0v) is 8.81. The normalized spacial score (nSPS) is 9.00. The summed E-state index contributed by atoms with van der Waals surface area (Å²) in [7, 11) is 0. The van der Waals surface area contributed by atoms with Crippen LogP contribution >= 0.6 is 36.2 Å². The van der Waals surface area contributed by atoms with Gasteiger partial charge in [0, 0.05) is 0 Å². The summed E-state index contributed by atoms with van der Waals surface area (Å²) in [5, 5.41) is 0.408. The number of rotatable bonds is 0. The number of aromatic nitrogens is 1. The van der Waals surface area contributed by atoms with Crippen LogP contribution in [0.25, 0.3) is 10.2 Å². The van der Waals surface area contributed by atoms with Gasteiger partial charge in [0.15, 0.2) is 5.13 Å². The molecule has 0 saturated heterocycles. The number of fused-ring (bicyclic) bond motifs is 1. The van der Waals surface area contributed by atoms with Crippen molar-refractivity contribution in [1.82, 2.24) is 4.98 Å². The molecule has 0 amide bonds. The van der Waals surface area contributed by atoms with Crippen LogP contribution in [-0.2, 0) is 0 Å². The second kappa shape index (κ2) is 4.60. The Balaban J connectivity index is 0.000000720. The molecule has 0 aliphatic heterocycles. The highest BCUT2D eigenvalue weighted by Gasteiger charge is 2.03. The molecule has 72 valence electrons. The average molecular weight is 241 g/mol. The molecule has 1 aromatic carbocycles. The van der Waals surface area contributed by atoms with Crippen molar-refractivity contribution >= 4 is 51.5 Å². The number of thiazole rings is 1. The molecule has 2 aromatic rings. The maximum atomic E-state index is 12.9. The first-order valence-corrected chi connectivity index (χ1v) is 3.89. The van der Waals surface area contributed by atoms with E-state index in [0.29, 0.717) is 15.3 Å². The van der Waals surface area contributed by atoms with Gasteiger partial charge in [-0.2, -0.15) is 0 Å². The molecule has 0 saturated carbocycles. The Labute approximate surface area is 90.8 Å².